The average molecular weight is 272 g/mol. The van der Waals surface area contributed by atoms with Crippen LogP contribution in [-0.4, -0.2) is 24.5 Å². The van der Waals surface area contributed by atoms with Crippen molar-refractivity contribution < 1.29 is 14.3 Å². The fourth-order valence-electron chi connectivity index (χ4n) is 2.20. The van der Waals surface area contributed by atoms with Gasteiger partial charge in [-0.2, -0.15) is 0 Å². The van der Waals surface area contributed by atoms with Crippen molar-refractivity contribution in [3.8, 4) is 12.3 Å². The number of benzene rings is 1. The van der Waals surface area contributed by atoms with Gasteiger partial charge < -0.3 is 15.8 Å². The van der Waals surface area contributed by atoms with Gasteiger partial charge in [-0.25, -0.2) is 0 Å². The van der Waals surface area contributed by atoms with Gasteiger partial charge in [-0.1, -0.05) is 24.3 Å². The molecule has 2 rings (SSSR count). The summed E-state index contributed by atoms with van der Waals surface area (Å²) in [7, 11) is 0. The molecule has 0 bridgehead atoms. The third-order valence-corrected chi connectivity index (χ3v) is 3.21. The highest BCUT2D eigenvalue weighted by Crippen LogP contribution is 2.27. The van der Waals surface area contributed by atoms with E-state index in [0.29, 0.717) is 6.61 Å². The van der Waals surface area contributed by atoms with Gasteiger partial charge in [0.1, 0.15) is 6.04 Å². The van der Waals surface area contributed by atoms with Crippen LogP contribution in [0.15, 0.2) is 24.3 Å². The summed E-state index contributed by atoms with van der Waals surface area (Å²) in [6, 6.07) is 6.71. The number of primary amides is 1. The molecule has 5 heteroatoms. The van der Waals surface area contributed by atoms with Crippen LogP contribution in [0.1, 0.15) is 23.7 Å². The van der Waals surface area contributed by atoms with E-state index in [1.54, 1.807) is 0 Å². The molecule has 104 valence electrons. The predicted molar refractivity (Wildman–Crippen MR) is 73.4 cm³/mol. The molecular weight excluding hydrogens is 256 g/mol. The lowest BCUT2D eigenvalue weighted by atomic mass is 9.97. The molecule has 1 aliphatic heterocycles. The van der Waals surface area contributed by atoms with E-state index < -0.39 is 24.0 Å². The number of carbonyl (C=O) groups is 2. The molecule has 1 aromatic carbocycles. The van der Waals surface area contributed by atoms with E-state index in [1.165, 1.54) is 0 Å². The molecule has 1 aliphatic rings. The van der Waals surface area contributed by atoms with E-state index in [1.807, 2.05) is 24.3 Å². The SMILES string of the molecule is C#CC[C@H](NC(=O)[C@@H]1OCCc2ccccc21)C(N)=O. The summed E-state index contributed by atoms with van der Waals surface area (Å²) in [5.74, 6) is 1.28. The first-order chi connectivity index (χ1) is 9.63. The van der Waals surface area contributed by atoms with E-state index in [0.717, 1.165) is 17.5 Å². The minimum absolute atomic E-state index is 0.0649. The van der Waals surface area contributed by atoms with Crippen LogP contribution in [-0.2, 0) is 20.7 Å². The van der Waals surface area contributed by atoms with E-state index in [-0.39, 0.29) is 6.42 Å². The largest absolute Gasteiger partial charge is 0.368 e. The molecule has 20 heavy (non-hydrogen) atoms. The van der Waals surface area contributed by atoms with Crippen molar-refractivity contribution in [3.05, 3.63) is 35.4 Å². The third-order valence-electron chi connectivity index (χ3n) is 3.21. The van der Waals surface area contributed by atoms with Gasteiger partial charge in [0.05, 0.1) is 6.61 Å². The molecule has 1 heterocycles. The van der Waals surface area contributed by atoms with Crippen LogP contribution in [0.2, 0.25) is 0 Å². The molecule has 2 atom stereocenters. The first-order valence-corrected chi connectivity index (χ1v) is 6.36. The topological polar surface area (TPSA) is 81.4 Å². The van der Waals surface area contributed by atoms with Gasteiger partial charge in [0.2, 0.25) is 5.91 Å². The molecule has 0 unspecified atom stereocenters. The van der Waals surface area contributed by atoms with Crippen LogP contribution in [0, 0.1) is 12.3 Å². The van der Waals surface area contributed by atoms with E-state index in [4.69, 9.17) is 16.9 Å². The summed E-state index contributed by atoms with van der Waals surface area (Å²) < 4.78 is 5.51. The highest BCUT2D eigenvalue weighted by molar-refractivity contribution is 5.89. The van der Waals surface area contributed by atoms with Gasteiger partial charge in [0, 0.05) is 6.42 Å². The molecule has 0 radical (unpaired) electrons. The zero-order chi connectivity index (χ0) is 14.5. The number of rotatable bonds is 4. The van der Waals surface area contributed by atoms with Gasteiger partial charge in [-0.05, 0) is 17.5 Å². The Balaban J connectivity index is 2.14. The lowest BCUT2D eigenvalue weighted by molar-refractivity contribution is -0.137. The zero-order valence-electron chi connectivity index (χ0n) is 11.0. The number of hydrogen-bond donors (Lipinski definition) is 2. The smallest absolute Gasteiger partial charge is 0.254 e. The lowest BCUT2D eigenvalue weighted by Crippen LogP contribution is -2.46. The Labute approximate surface area is 117 Å². The van der Waals surface area contributed by atoms with Gasteiger partial charge in [0.15, 0.2) is 6.10 Å². The molecule has 0 aromatic heterocycles. The molecule has 3 N–H and O–H groups in total. The number of amides is 2. The Kier molecular flexibility index (Phi) is 4.38. The maximum Gasteiger partial charge on any atom is 0.254 e. The lowest BCUT2D eigenvalue weighted by Gasteiger charge is -2.26. The van der Waals surface area contributed by atoms with E-state index in [2.05, 4.69) is 11.2 Å². The maximum absolute atomic E-state index is 12.2. The summed E-state index contributed by atoms with van der Waals surface area (Å²) >= 11 is 0. The van der Waals surface area contributed by atoms with Gasteiger partial charge in [-0.15, -0.1) is 12.3 Å². The third kappa shape index (κ3) is 2.98. The summed E-state index contributed by atoms with van der Waals surface area (Å²) in [4.78, 5) is 23.5. The molecule has 0 saturated carbocycles. The van der Waals surface area contributed by atoms with Crippen LogP contribution in [0.4, 0.5) is 0 Å². The second kappa shape index (κ2) is 6.22. The molecule has 0 aliphatic carbocycles. The summed E-state index contributed by atoms with van der Waals surface area (Å²) in [5, 5.41) is 2.55. The highest BCUT2D eigenvalue weighted by atomic mass is 16.5. The number of nitrogens with two attached hydrogens (primary N) is 1. The normalized spacial score (nSPS) is 18.4. The van der Waals surface area contributed by atoms with Gasteiger partial charge in [0.25, 0.3) is 5.91 Å². The number of ether oxygens (including phenoxy) is 1. The van der Waals surface area contributed by atoms with Crippen LogP contribution >= 0.6 is 0 Å². The van der Waals surface area contributed by atoms with Gasteiger partial charge >= 0.3 is 0 Å². The number of nitrogens with one attached hydrogen (secondary N) is 1. The Morgan fingerprint density at radius 1 is 1.50 bits per heavy atom. The maximum atomic E-state index is 12.2. The molecule has 1 aromatic rings. The molecule has 0 saturated heterocycles. The average Bonchev–Trinajstić information content (AvgIpc) is 2.46. The van der Waals surface area contributed by atoms with E-state index >= 15 is 0 Å². The molecule has 0 spiro atoms. The predicted octanol–water partition coefficient (Wildman–Crippen LogP) is 0.294. The monoisotopic (exact) mass is 272 g/mol. The van der Waals surface area contributed by atoms with Crippen LogP contribution < -0.4 is 11.1 Å². The number of carbonyl (C=O) groups excluding carboxylic acids is 2. The van der Waals surface area contributed by atoms with Crippen molar-refractivity contribution in [1.29, 1.82) is 0 Å². The number of fused-ring (bicyclic) bond motifs is 1. The Morgan fingerprint density at radius 3 is 2.95 bits per heavy atom. The van der Waals surface area contributed by atoms with Gasteiger partial charge in [-0.3, -0.25) is 9.59 Å². The van der Waals surface area contributed by atoms with Crippen LogP contribution in [0.25, 0.3) is 0 Å². The Morgan fingerprint density at radius 2 is 2.25 bits per heavy atom. The minimum Gasteiger partial charge on any atom is -0.368 e. The van der Waals surface area contributed by atoms with Crippen molar-refractivity contribution in [1.82, 2.24) is 5.32 Å². The summed E-state index contributed by atoms with van der Waals surface area (Å²) in [6.07, 6.45) is 5.27. The van der Waals surface area contributed by atoms with Crippen molar-refractivity contribution in [2.45, 2.75) is 25.0 Å². The highest BCUT2D eigenvalue weighted by Gasteiger charge is 2.29. The van der Waals surface area contributed by atoms with Crippen molar-refractivity contribution >= 4 is 11.8 Å². The molecular formula is C15H16N2O3. The summed E-state index contributed by atoms with van der Waals surface area (Å²) in [6.45, 7) is 0.464. The first kappa shape index (κ1) is 14.1. The quantitative estimate of drug-likeness (QED) is 0.773. The first-order valence-electron chi connectivity index (χ1n) is 6.36. The second-order valence-corrected chi connectivity index (χ2v) is 4.57. The zero-order valence-corrected chi connectivity index (χ0v) is 11.0. The van der Waals surface area contributed by atoms with Crippen molar-refractivity contribution in [3.63, 3.8) is 0 Å². The second-order valence-electron chi connectivity index (χ2n) is 4.57. The van der Waals surface area contributed by atoms with Crippen LogP contribution in [0.3, 0.4) is 0 Å². The molecule has 2 amide bonds. The van der Waals surface area contributed by atoms with Crippen molar-refractivity contribution in [2.24, 2.45) is 5.73 Å². The Bertz CT molecular complexity index is 562. The number of hydrogen-bond acceptors (Lipinski definition) is 3. The molecule has 0 fully saturated rings. The standard InChI is InChI=1S/C15H16N2O3/c1-2-5-12(14(16)18)17-15(19)13-11-7-4-3-6-10(11)8-9-20-13/h1,3-4,6-7,12-13H,5,8-9H2,(H2,16,18)(H,17,19)/t12-,13+/m0/s1. The molecule has 5 nitrogen and oxygen atoms in total. The van der Waals surface area contributed by atoms with Crippen LogP contribution in [0.5, 0.6) is 0 Å². The fraction of sp³-hybridized carbons (Fsp3) is 0.333. The van der Waals surface area contributed by atoms with Crippen molar-refractivity contribution in [2.75, 3.05) is 6.61 Å². The number of terminal acetylenes is 1. The Hall–Kier alpha value is -2.32. The van der Waals surface area contributed by atoms with E-state index in [9.17, 15) is 9.59 Å². The minimum atomic E-state index is -0.870. The fourth-order valence-corrected chi connectivity index (χ4v) is 2.20. The summed E-state index contributed by atoms with van der Waals surface area (Å²) in [5.41, 5.74) is 7.10.